The Bertz CT molecular complexity index is 444. The lowest BCUT2D eigenvalue weighted by molar-refractivity contribution is -0.0165. The van der Waals surface area contributed by atoms with Gasteiger partial charge in [-0.1, -0.05) is 0 Å². The molecule has 0 N–H and O–H groups in total. The minimum atomic E-state index is -0.170. The van der Waals surface area contributed by atoms with Crippen molar-refractivity contribution in [3.63, 3.8) is 0 Å². The van der Waals surface area contributed by atoms with Crippen molar-refractivity contribution in [1.29, 1.82) is 5.26 Å². The third-order valence-electron chi connectivity index (χ3n) is 2.25. The SMILES string of the molecule is CCOc1cc(C#N)ccc1OCCOC(C)(C)C. The predicted octanol–water partition coefficient (Wildman–Crippen LogP) is 3.15. The summed E-state index contributed by atoms with van der Waals surface area (Å²) in [5, 5.41) is 8.86. The van der Waals surface area contributed by atoms with Gasteiger partial charge in [-0.15, -0.1) is 0 Å². The summed E-state index contributed by atoms with van der Waals surface area (Å²) in [6.07, 6.45) is 0. The average molecular weight is 263 g/mol. The molecule has 0 bridgehead atoms. The van der Waals surface area contributed by atoms with Crippen molar-refractivity contribution in [3.05, 3.63) is 23.8 Å². The van der Waals surface area contributed by atoms with Gasteiger partial charge in [-0.3, -0.25) is 0 Å². The molecule has 0 atom stereocenters. The summed E-state index contributed by atoms with van der Waals surface area (Å²) in [7, 11) is 0. The fourth-order valence-corrected chi connectivity index (χ4v) is 1.46. The Balaban J connectivity index is 2.60. The van der Waals surface area contributed by atoms with E-state index in [-0.39, 0.29) is 5.60 Å². The minimum Gasteiger partial charge on any atom is -0.490 e. The molecule has 19 heavy (non-hydrogen) atoms. The molecule has 0 aliphatic carbocycles. The molecule has 0 heterocycles. The second-order valence-electron chi connectivity index (χ2n) is 5.02. The van der Waals surface area contributed by atoms with Crippen LogP contribution >= 0.6 is 0 Å². The van der Waals surface area contributed by atoms with Crippen molar-refractivity contribution in [2.24, 2.45) is 0 Å². The Kier molecular flexibility index (Phi) is 5.65. The number of ether oxygens (including phenoxy) is 3. The van der Waals surface area contributed by atoms with E-state index in [9.17, 15) is 0 Å². The predicted molar refractivity (Wildman–Crippen MR) is 73.5 cm³/mol. The summed E-state index contributed by atoms with van der Waals surface area (Å²) in [5.74, 6) is 1.23. The summed E-state index contributed by atoms with van der Waals surface area (Å²) in [4.78, 5) is 0. The van der Waals surface area contributed by atoms with Gasteiger partial charge >= 0.3 is 0 Å². The molecule has 4 nitrogen and oxygen atoms in total. The van der Waals surface area contributed by atoms with Gasteiger partial charge in [-0.05, 0) is 39.8 Å². The normalized spacial score (nSPS) is 10.9. The molecular formula is C15H21NO3. The lowest BCUT2D eigenvalue weighted by Gasteiger charge is -2.20. The van der Waals surface area contributed by atoms with E-state index in [2.05, 4.69) is 6.07 Å². The van der Waals surface area contributed by atoms with Crippen LogP contribution in [-0.2, 0) is 4.74 Å². The van der Waals surface area contributed by atoms with Crippen molar-refractivity contribution in [2.45, 2.75) is 33.3 Å². The van der Waals surface area contributed by atoms with Gasteiger partial charge in [-0.25, -0.2) is 0 Å². The molecule has 0 spiro atoms. The zero-order valence-electron chi connectivity index (χ0n) is 12.0. The zero-order chi connectivity index (χ0) is 14.3. The van der Waals surface area contributed by atoms with Gasteiger partial charge in [0.2, 0.25) is 0 Å². The zero-order valence-corrected chi connectivity index (χ0v) is 12.0. The van der Waals surface area contributed by atoms with Crippen molar-refractivity contribution in [2.75, 3.05) is 19.8 Å². The Morgan fingerprint density at radius 2 is 1.84 bits per heavy atom. The van der Waals surface area contributed by atoms with Crippen LogP contribution in [0, 0.1) is 11.3 Å². The van der Waals surface area contributed by atoms with Gasteiger partial charge in [0.15, 0.2) is 11.5 Å². The van der Waals surface area contributed by atoms with Crippen LogP contribution < -0.4 is 9.47 Å². The molecule has 0 amide bonds. The molecule has 0 unspecified atom stereocenters. The van der Waals surface area contributed by atoms with E-state index in [1.165, 1.54) is 0 Å². The van der Waals surface area contributed by atoms with Crippen molar-refractivity contribution in [3.8, 4) is 17.6 Å². The average Bonchev–Trinajstić information content (AvgIpc) is 2.35. The quantitative estimate of drug-likeness (QED) is 0.740. The minimum absolute atomic E-state index is 0.170. The van der Waals surface area contributed by atoms with Gasteiger partial charge < -0.3 is 14.2 Å². The number of rotatable bonds is 6. The Morgan fingerprint density at radius 1 is 1.11 bits per heavy atom. The van der Waals surface area contributed by atoms with E-state index in [1.54, 1.807) is 18.2 Å². The molecule has 0 fully saturated rings. The Hall–Kier alpha value is -1.73. The Morgan fingerprint density at radius 3 is 2.42 bits per heavy atom. The molecule has 0 aromatic heterocycles. The smallest absolute Gasteiger partial charge is 0.162 e. The maximum atomic E-state index is 8.86. The van der Waals surface area contributed by atoms with Gasteiger partial charge in [0.05, 0.1) is 30.4 Å². The van der Waals surface area contributed by atoms with E-state index < -0.39 is 0 Å². The second-order valence-corrected chi connectivity index (χ2v) is 5.02. The first kappa shape index (κ1) is 15.3. The number of nitriles is 1. The first-order valence-corrected chi connectivity index (χ1v) is 6.40. The molecule has 0 radical (unpaired) electrons. The number of hydrogen-bond acceptors (Lipinski definition) is 4. The first-order chi connectivity index (χ1) is 8.96. The van der Waals surface area contributed by atoms with Crippen LogP contribution in [0.5, 0.6) is 11.5 Å². The molecule has 0 aliphatic heterocycles. The fourth-order valence-electron chi connectivity index (χ4n) is 1.46. The number of hydrogen-bond donors (Lipinski definition) is 0. The molecule has 0 aliphatic rings. The topological polar surface area (TPSA) is 51.5 Å². The highest BCUT2D eigenvalue weighted by Crippen LogP contribution is 2.28. The molecule has 104 valence electrons. The van der Waals surface area contributed by atoms with Crippen LogP contribution in [0.2, 0.25) is 0 Å². The maximum absolute atomic E-state index is 8.86. The van der Waals surface area contributed by atoms with Gasteiger partial charge in [-0.2, -0.15) is 5.26 Å². The lowest BCUT2D eigenvalue weighted by atomic mass is 10.2. The van der Waals surface area contributed by atoms with Crippen molar-refractivity contribution in [1.82, 2.24) is 0 Å². The van der Waals surface area contributed by atoms with Crippen LogP contribution in [0.15, 0.2) is 18.2 Å². The summed E-state index contributed by atoms with van der Waals surface area (Å²) in [6.45, 7) is 9.38. The van der Waals surface area contributed by atoms with E-state index in [1.807, 2.05) is 27.7 Å². The maximum Gasteiger partial charge on any atom is 0.162 e. The van der Waals surface area contributed by atoms with Crippen molar-refractivity contribution < 1.29 is 14.2 Å². The fraction of sp³-hybridized carbons (Fsp3) is 0.533. The van der Waals surface area contributed by atoms with Gasteiger partial charge in [0.25, 0.3) is 0 Å². The third kappa shape index (κ3) is 5.62. The van der Waals surface area contributed by atoms with Crippen LogP contribution in [0.25, 0.3) is 0 Å². The Labute approximate surface area is 114 Å². The number of benzene rings is 1. The first-order valence-electron chi connectivity index (χ1n) is 6.40. The molecule has 1 rings (SSSR count). The van der Waals surface area contributed by atoms with Crippen LogP contribution in [0.4, 0.5) is 0 Å². The molecule has 0 saturated heterocycles. The molecule has 0 saturated carbocycles. The van der Waals surface area contributed by atoms with Crippen LogP contribution in [0.1, 0.15) is 33.3 Å². The van der Waals surface area contributed by atoms with E-state index in [0.717, 1.165) is 0 Å². The number of nitrogens with zero attached hydrogens (tertiary/aromatic N) is 1. The van der Waals surface area contributed by atoms with Crippen LogP contribution in [-0.4, -0.2) is 25.4 Å². The standard InChI is InChI=1S/C15H21NO3/c1-5-17-14-10-12(11-16)6-7-13(14)18-8-9-19-15(2,3)4/h6-7,10H,5,8-9H2,1-4H3. The largest absolute Gasteiger partial charge is 0.490 e. The summed E-state index contributed by atoms with van der Waals surface area (Å²) in [5.41, 5.74) is 0.387. The monoisotopic (exact) mass is 263 g/mol. The lowest BCUT2D eigenvalue weighted by Crippen LogP contribution is -2.22. The highest BCUT2D eigenvalue weighted by Gasteiger charge is 2.10. The summed E-state index contributed by atoms with van der Waals surface area (Å²) < 4.78 is 16.7. The second kappa shape index (κ2) is 7.01. The van der Waals surface area contributed by atoms with Gasteiger partial charge in [0, 0.05) is 6.07 Å². The molecule has 1 aromatic carbocycles. The third-order valence-corrected chi connectivity index (χ3v) is 2.25. The van der Waals surface area contributed by atoms with E-state index in [4.69, 9.17) is 19.5 Å². The van der Waals surface area contributed by atoms with Crippen molar-refractivity contribution >= 4 is 0 Å². The molecular weight excluding hydrogens is 242 g/mol. The van der Waals surface area contributed by atoms with E-state index in [0.29, 0.717) is 36.9 Å². The highest BCUT2D eigenvalue weighted by atomic mass is 16.5. The van der Waals surface area contributed by atoms with Crippen LogP contribution in [0.3, 0.4) is 0 Å². The van der Waals surface area contributed by atoms with Gasteiger partial charge in [0.1, 0.15) is 6.61 Å². The van der Waals surface area contributed by atoms with E-state index >= 15 is 0 Å². The highest BCUT2D eigenvalue weighted by molar-refractivity contribution is 5.46. The molecule has 1 aromatic rings. The summed E-state index contributed by atoms with van der Waals surface area (Å²) in [6, 6.07) is 7.23. The molecule has 4 heteroatoms. The summed E-state index contributed by atoms with van der Waals surface area (Å²) >= 11 is 0.